The summed E-state index contributed by atoms with van der Waals surface area (Å²) in [6.07, 6.45) is -2.84. The van der Waals surface area contributed by atoms with E-state index in [1.807, 2.05) is 30.3 Å². The number of carbonyl (C=O) groups excluding carboxylic acids is 1. The van der Waals surface area contributed by atoms with E-state index in [1.54, 1.807) is 6.20 Å². The minimum absolute atomic E-state index is 0.0287. The summed E-state index contributed by atoms with van der Waals surface area (Å²) >= 11 is 1.09. The summed E-state index contributed by atoms with van der Waals surface area (Å²) in [7, 11) is 0. The lowest BCUT2D eigenvalue weighted by Gasteiger charge is -2.08. The van der Waals surface area contributed by atoms with E-state index in [-0.39, 0.29) is 11.4 Å². The van der Waals surface area contributed by atoms with Crippen LogP contribution in [0.1, 0.15) is 5.56 Å². The van der Waals surface area contributed by atoms with Crippen molar-refractivity contribution in [3.63, 3.8) is 0 Å². The normalized spacial score (nSPS) is 11.6. The molecule has 0 saturated carbocycles. The standard InChI is InChI=1S/C19H13F3N6OS/c20-19(21,22)13-6-8-14(9-7-13)24-16(29)11-30-18-26-25-17-23-10-15(27-28(17)18)12-4-2-1-3-5-12/h1-10H,11H2,(H,24,29). The Kier molecular flexibility index (Phi) is 5.36. The Morgan fingerprint density at radius 2 is 1.77 bits per heavy atom. The molecule has 2 heterocycles. The molecule has 2 aromatic carbocycles. The first-order chi connectivity index (χ1) is 14.4. The molecule has 0 spiro atoms. The number of alkyl halides is 3. The quantitative estimate of drug-likeness (QED) is 0.483. The Morgan fingerprint density at radius 3 is 2.47 bits per heavy atom. The fourth-order valence-corrected chi connectivity index (χ4v) is 3.25. The topological polar surface area (TPSA) is 85.1 Å². The number of hydrogen-bond acceptors (Lipinski definition) is 6. The lowest BCUT2D eigenvalue weighted by atomic mass is 10.2. The first kappa shape index (κ1) is 19.8. The number of aromatic nitrogens is 5. The van der Waals surface area contributed by atoms with Gasteiger partial charge in [-0.05, 0) is 24.3 Å². The Labute approximate surface area is 172 Å². The third-order valence-electron chi connectivity index (χ3n) is 4.00. The molecule has 2 aromatic heterocycles. The first-order valence-electron chi connectivity index (χ1n) is 8.64. The zero-order valence-corrected chi connectivity index (χ0v) is 16.0. The van der Waals surface area contributed by atoms with Crippen LogP contribution in [0.5, 0.6) is 0 Å². The summed E-state index contributed by atoms with van der Waals surface area (Å²) in [6, 6.07) is 13.7. The molecule has 11 heteroatoms. The van der Waals surface area contributed by atoms with Crippen molar-refractivity contribution in [1.29, 1.82) is 0 Å². The van der Waals surface area contributed by atoms with E-state index in [4.69, 9.17) is 0 Å². The minimum Gasteiger partial charge on any atom is -0.325 e. The second kappa shape index (κ2) is 8.11. The highest BCUT2D eigenvalue weighted by atomic mass is 32.2. The summed E-state index contributed by atoms with van der Waals surface area (Å²) in [6.45, 7) is 0. The third kappa shape index (κ3) is 4.40. The molecule has 0 unspecified atom stereocenters. The smallest absolute Gasteiger partial charge is 0.325 e. The number of nitrogens with one attached hydrogen (secondary N) is 1. The summed E-state index contributed by atoms with van der Waals surface area (Å²) in [4.78, 5) is 16.4. The van der Waals surface area contributed by atoms with Crippen LogP contribution in [0.25, 0.3) is 17.0 Å². The van der Waals surface area contributed by atoms with E-state index >= 15 is 0 Å². The van der Waals surface area contributed by atoms with E-state index in [9.17, 15) is 18.0 Å². The van der Waals surface area contributed by atoms with Crippen LogP contribution in [0, 0.1) is 0 Å². The van der Waals surface area contributed by atoms with Gasteiger partial charge in [0.15, 0.2) is 0 Å². The van der Waals surface area contributed by atoms with Gasteiger partial charge >= 0.3 is 6.18 Å². The molecule has 30 heavy (non-hydrogen) atoms. The second-order valence-electron chi connectivity index (χ2n) is 6.12. The number of hydrogen-bond donors (Lipinski definition) is 1. The fourth-order valence-electron chi connectivity index (χ4n) is 2.58. The van der Waals surface area contributed by atoms with Gasteiger partial charge in [-0.25, -0.2) is 4.98 Å². The molecule has 4 aromatic rings. The van der Waals surface area contributed by atoms with Crippen LogP contribution in [-0.2, 0) is 11.0 Å². The van der Waals surface area contributed by atoms with Crippen LogP contribution < -0.4 is 5.32 Å². The molecule has 4 rings (SSSR count). The van der Waals surface area contributed by atoms with Crippen molar-refractivity contribution in [1.82, 2.24) is 24.8 Å². The molecule has 0 atom stereocenters. The predicted molar refractivity (Wildman–Crippen MR) is 105 cm³/mol. The molecule has 0 aliphatic rings. The number of amides is 1. The number of fused-ring (bicyclic) bond motifs is 1. The van der Waals surface area contributed by atoms with E-state index in [2.05, 4.69) is 25.6 Å². The van der Waals surface area contributed by atoms with Gasteiger partial charge < -0.3 is 5.32 Å². The molecule has 1 amide bonds. The molecule has 7 nitrogen and oxygen atoms in total. The molecule has 0 aliphatic carbocycles. The highest BCUT2D eigenvalue weighted by molar-refractivity contribution is 7.99. The Morgan fingerprint density at radius 1 is 1.03 bits per heavy atom. The van der Waals surface area contributed by atoms with E-state index in [0.29, 0.717) is 16.6 Å². The first-order valence-corrected chi connectivity index (χ1v) is 9.62. The van der Waals surface area contributed by atoms with Gasteiger partial charge in [-0.15, -0.1) is 10.2 Å². The summed E-state index contributed by atoms with van der Waals surface area (Å²) in [5, 5.41) is 15.3. The maximum Gasteiger partial charge on any atom is 0.416 e. The summed E-state index contributed by atoms with van der Waals surface area (Å²) in [5.41, 5.74) is 0.985. The SMILES string of the molecule is O=C(CSc1nnc2ncc(-c3ccccc3)nn12)Nc1ccc(C(F)(F)F)cc1. The van der Waals surface area contributed by atoms with Crippen LogP contribution in [0.2, 0.25) is 0 Å². The lowest BCUT2D eigenvalue weighted by Crippen LogP contribution is -2.14. The van der Waals surface area contributed by atoms with E-state index in [0.717, 1.165) is 29.5 Å². The van der Waals surface area contributed by atoms with Crippen molar-refractivity contribution in [2.24, 2.45) is 0 Å². The van der Waals surface area contributed by atoms with Crippen LogP contribution in [0.15, 0.2) is 66.0 Å². The van der Waals surface area contributed by atoms with Crippen LogP contribution in [-0.4, -0.2) is 36.5 Å². The van der Waals surface area contributed by atoms with Gasteiger partial charge in [-0.1, -0.05) is 42.1 Å². The van der Waals surface area contributed by atoms with Gasteiger partial charge in [-0.3, -0.25) is 4.79 Å². The Bertz CT molecular complexity index is 1180. The van der Waals surface area contributed by atoms with Crippen molar-refractivity contribution in [3.05, 3.63) is 66.4 Å². The van der Waals surface area contributed by atoms with Crippen molar-refractivity contribution in [3.8, 4) is 11.3 Å². The Hall–Kier alpha value is -3.47. The molecule has 0 radical (unpaired) electrons. The molecule has 0 aliphatic heterocycles. The fraction of sp³-hybridized carbons (Fsp3) is 0.105. The lowest BCUT2D eigenvalue weighted by molar-refractivity contribution is -0.137. The molecular formula is C19H13F3N6OS. The molecule has 152 valence electrons. The van der Waals surface area contributed by atoms with Gasteiger partial charge in [0.2, 0.25) is 11.1 Å². The van der Waals surface area contributed by atoms with Crippen molar-refractivity contribution in [2.75, 3.05) is 11.1 Å². The second-order valence-corrected chi connectivity index (χ2v) is 7.06. The highest BCUT2D eigenvalue weighted by Crippen LogP contribution is 2.30. The zero-order chi connectivity index (χ0) is 21.1. The number of nitrogens with zero attached hydrogens (tertiary/aromatic N) is 5. The molecule has 0 fully saturated rings. The van der Waals surface area contributed by atoms with Crippen LogP contribution >= 0.6 is 11.8 Å². The minimum atomic E-state index is -4.42. The zero-order valence-electron chi connectivity index (χ0n) is 15.2. The van der Waals surface area contributed by atoms with Crippen LogP contribution in [0.4, 0.5) is 18.9 Å². The molecular weight excluding hydrogens is 417 g/mol. The van der Waals surface area contributed by atoms with E-state index in [1.165, 1.54) is 16.6 Å². The number of thioether (sulfide) groups is 1. The van der Waals surface area contributed by atoms with Gasteiger partial charge in [0.25, 0.3) is 5.78 Å². The van der Waals surface area contributed by atoms with Crippen molar-refractivity contribution in [2.45, 2.75) is 11.3 Å². The van der Waals surface area contributed by atoms with Crippen molar-refractivity contribution >= 4 is 29.1 Å². The maximum atomic E-state index is 12.6. The molecule has 0 saturated heterocycles. The average molecular weight is 430 g/mol. The number of anilines is 1. The van der Waals surface area contributed by atoms with Crippen LogP contribution in [0.3, 0.4) is 0 Å². The monoisotopic (exact) mass is 430 g/mol. The molecule has 0 bridgehead atoms. The Balaban J connectivity index is 1.44. The number of benzene rings is 2. The van der Waals surface area contributed by atoms with Gasteiger partial charge in [-0.2, -0.15) is 22.8 Å². The highest BCUT2D eigenvalue weighted by Gasteiger charge is 2.30. The molecule has 1 N–H and O–H groups in total. The third-order valence-corrected chi connectivity index (χ3v) is 4.92. The maximum absolute atomic E-state index is 12.6. The number of carbonyl (C=O) groups is 1. The number of rotatable bonds is 5. The summed E-state index contributed by atoms with van der Waals surface area (Å²) < 4.78 is 39.3. The van der Waals surface area contributed by atoms with Gasteiger partial charge in [0.1, 0.15) is 5.69 Å². The van der Waals surface area contributed by atoms with Gasteiger partial charge in [0, 0.05) is 11.3 Å². The summed E-state index contributed by atoms with van der Waals surface area (Å²) in [5.74, 6) is -0.136. The van der Waals surface area contributed by atoms with E-state index < -0.39 is 17.6 Å². The average Bonchev–Trinajstić information content (AvgIpc) is 3.15. The predicted octanol–water partition coefficient (Wildman–Crippen LogP) is 3.94. The van der Waals surface area contributed by atoms with Gasteiger partial charge in [0.05, 0.1) is 17.5 Å². The van der Waals surface area contributed by atoms with Crippen molar-refractivity contribution < 1.29 is 18.0 Å². The largest absolute Gasteiger partial charge is 0.416 e. The number of halogens is 3.